The number of piperazine rings is 1. The molecule has 0 radical (unpaired) electrons. The van der Waals surface area contributed by atoms with Crippen LogP contribution in [0.15, 0.2) is 18.3 Å². The number of aromatic nitrogens is 1. The van der Waals surface area contributed by atoms with Crippen molar-refractivity contribution in [2.45, 2.75) is 33.4 Å². The molecule has 2 heterocycles. The molecule has 1 aromatic heterocycles. The average Bonchev–Trinajstić information content (AvgIpc) is 2.98. The monoisotopic (exact) mass is 378 g/mol. The van der Waals surface area contributed by atoms with Gasteiger partial charge in [-0.3, -0.25) is 9.69 Å². The van der Waals surface area contributed by atoms with E-state index in [9.17, 15) is 4.79 Å². The fraction of sp³-hybridized carbons (Fsp3) is 0.444. The van der Waals surface area contributed by atoms with Crippen LogP contribution in [-0.2, 0) is 6.54 Å². The molecule has 1 aromatic carbocycles. The summed E-state index contributed by atoms with van der Waals surface area (Å²) in [5.74, 6) is -0.141. The molecule has 0 aliphatic carbocycles. The van der Waals surface area contributed by atoms with Gasteiger partial charge in [-0.05, 0) is 44.0 Å². The van der Waals surface area contributed by atoms with Crippen molar-refractivity contribution in [1.82, 2.24) is 15.2 Å². The molecule has 1 atom stereocenters. The molecule has 3 rings (SSSR count). The largest absolute Gasteiger partial charge is 0.321 e. The third-order valence-corrected chi connectivity index (χ3v) is 5.55. The first-order valence-corrected chi connectivity index (χ1v) is 9.60. The van der Waals surface area contributed by atoms with Crippen molar-refractivity contribution in [3.8, 4) is 0 Å². The molecule has 5 nitrogen and oxygen atoms in total. The Bertz CT molecular complexity index is 776. The molecule has 0 saturated carbocycles. The summed E-state index contributed by atoms with van der Waals surface area (Å²) in [5.41, 5.74) is 2.98. The van der Waals surface area contributed by atoms with Crippen LogP contribution in [0.2, 0.25) is 5.02 Å². The Balaban J connectivity index is 1.78. The normalized spacial score (nSPS) is 18.3. The molecule has 0 bridgehead atoms. The van der Waals surface area contributed by atoms with Crippen molar-refractivity contribution in [2.75, 3.05) is 25.0 Å². The Labute approximate surface area is 157 Å². The summed E-state index contributed by atoms with van der Waals surface area (Å²) in [6, 6.07) is 4.30. The molecule has 1 fully saturated rings. The van der Waals surface area contributed by atoms with Crippen LogP contribution in [0.3, 0.4) is 0 Å². The smallest absolute Gasteiger partial charge is 0.267 e. The summed E-state index contributed by atoms with van der Waals surface area (Å²) < 4.78 is 0. The van der Waals surface area contributed by atoms with E-state index in [0.29, 0.717) is 15.9 Å². The zero-order valence-corrected chi connectivity index (χ0v) is 16.3. The van der Waals surface area contributed by atoms with Crippen LogP contribution in [-0.4, -0.2) is 41.5 Å². The number of nitrogens with zero attached hydrogens (tertiary/aromatic N) is 2. The number of hydrogen-bond acceptors (Lipinski definition) is 5. The van der Waals surface area contributed by atoms with E-state index in [-0.39, 0.29) is 5.91 Å². The fourth-order valence-electron chi connectivity index (χ4n) is 3.08. The number of carbonyl (C=O) groups is 1. The molecular weight excluding hydrogens is 356 g/mol. The minimum Gasteiger partial charge on any atom is -0.321 e. The highest BCUT2D eigenvalue weighted by molar-refractivity contribution is 7.13. The van der Waals surface area contributed by atoms with E-state index >= 15 is 0 Å². The number of benzene rings is 1. The van der Waals surface area contributed by atoms with Crippen molar-refractivity contribution in [1.29, 1.82) is 0 Å². The lowest BCUT2D eigenvalue weighted by molar-refractivity contribution is 0.103. The van der Waals surface area contributed by atoms with E-state index in [1.807, 2.05) is 26.0 Å². The maximum Gasteiger partial charge on any atom is 0.267 e. The molecule has 1 unspecified atom stereocenters. The van der Waals surface area contributed by atoms with E-state index in [0.717, 1.165) is 48.0 Å². The zero-order chi connectivity index (χ0) is 18.0. The maximum atomic E-state index is 12.4. The lowest BCUT2D eigenvalue weighted by Gasteiger charge is -2.32. The van der Waals surface area contributed by atoms with Gasteiger partial charge in [0, 0.05) is 42.9 Å². The molecule has 0 spiro atoms. The van der Waals surface area contributed by atoms with E-state index in [4.69, 9.17) is 11.6 Å². The van der Waals surface area contributed by atoms with E-state index in [2.05, 4.69) is 27.4 Å². The van der Waals surface area contributed by atoms with Crippen molar-refractivity contribution < 1.29 is 4.79 Å². The summed E-state index contributed by atoms with van der Waals surface area (Å²) in [5, 5.41) is 7.95. The summed E-state index contributed by atoms with van der Waals surface area (Å²) in [6.07, 6.45) is 1.61. The number of thiazole rings is 1. The Morgan fingerprint density at radius 2 is 2.28 bits per heavy atom. The number of nitrogens with one attached hydrogen (secondary N) is 2. The molecule has 134 valence electrons. The molecular formula is C18H23ClN4OS. The number of rotatable bonds is 4. The Kier molecular flexibility index (Phi) is 5.74. The Hall–Kier alpha value is -1.47. The van der Waals surface area contributed by atoms with Crippen LogP contribution in [0, 0.1) is 13.8 Å². The average molecular weight is 379 g/mol. The molecule has 1 aliphatic heterocycles. The number of amides is 1. The van der Waals surface area contributed by atoms with Crippen molar-refractivity contribution in [3.63, 3.8) is 0 Å². The quantitative estimate of drug-likeness (QED) is 0.855. The van der Waals surface area contributed by atoms with Gasteiger partial charge in [-0.15, -0.1) is 11.3 Å². The lowest BCUT2D eigenvalue weighted by Crippen LogP contribution is -2.48. The van der Waals surface area contributed by atoms with Gasteiger partial charge in [0.05, 0.1) is 11.2 Å². The maximum absolute atomic E-state index is 12.4. The third kappa shape index (κ3) is 4.58. The molecule has 1 amide bonds. The summed E-state index contributed by atoms with van der Waals surface area (Å²) in [6.45, 7) is 9.96. The summed E-state index contributed by atoms with van der Waals surface area (Å²) >= 11 is 7.70. The predicted molar refractivity (Wildman–Crippen MR) is 104 cm³/mol. The Morgan fingerprint density at radius 3 is 2.96 bits per heavy atom. The minimum atomic E-state index is -0.141. The van der Waals surface area contributed by atoms with Gasteiger partial charge in [-0.1, -0.05) is 11.6 Å². The lowest BCUT2D eigenvalue weighted by atomic mass is 10.0. The van der Waals surface area contributed by atoms with Gasteiger partial charge in [-0.2, -0.15) is 0 Å². The molecule has 25 heavy (non-hydrogen) atoms. The second kappa shape index (κ2) is 7.83. The molecule has 2 N–H and O–H groups in total. The second-order valence-corrected chi connectivity index (χ2v) is 8.20. The van der Waals surface area contributed by atoms with E-state index in [1.165, 1.54) is 11.3 Å². The molecule has 2 aromatic rings. The topological polar surface area (TPSA) is 57.3 Å². The van der Waals surface area contributed by atoms with Gasteiger partial charge in [0.1, 0.15) is 4.88 Å². The second-order valence-electron chi connectivity index (χ2n) is 6.53. The van der Waals surface area contributed by atoms with E-state index in [1.54, 1.807) is 6.20 Å². The number of halogens is 1. The van der Waals surface area contributed by atoms with Gasteiger partial charge in [0.2, 0.25) is 0 Å². The molecule has 7 heteroatoms. The minimum absolute atomic E-state index is 0.141. The van der Waals surface area contributed by atoms with Gasteiger partial charge in [0.15, 0.2) is 0 Å². The van der Waals surface area contributed by atoms with Crippen LogP contribution in [0.1, 0.15) is 32.7 Å². The highest BCUT2D eigenvalue weighted by Gasteiger charge is 2.18. The first-order valence-electron chi connectivity index (χ1n) is 8.41. The van der Waals surface area contributed by atoms with Crippen LogP contribution in [0.5, 0.6) is 0 Å². The number of carbonyl (C=O) groups excluding carboxylic acids is 1. The predicted octanol–water partition coefficient (Wildman–Crippen LogP) is 3.46. The third-order valence-electron chi connectivity index (χ3n) is 4.42. The highest BCUT2D eigenvalue weighted by atomic mass is 35.5. The standard InChI is InChI=1S/C18H23ClN4OS/c1-11-9-23(5-4-20-11)10-14-6-15(19)7-16(12(14)2)22-18(24)17-8-21-13(3)25-17/h6-8,11,20H,4-5,9-10H2,1-3H3,(H,22,24). The number of hydrogen-bond donors (Lipinski definition) is 2. The molecule has 1 saturated heterocycles. The first kappa shape index (κ1) is 18.3. The highest BCUT2D eigenvalue weighted by Crippen LogP contribution is 2.27. The first-order chi connectivity index (χ1) is 11.9. The van der Waals surface area contributed by atoms with Crippen LogP contribution in [0.4, 0.5) is 5.69 Å². The zero-order valence-electron chi connectivity index (χ0n) is 14.7. The fourth-order valence-corrected chi connectivity index (χ4v) is 3.99. The Morgan fingerprint density at radius 1 is 1.48 bits per heavy atom. The van der Waals surface area contributed by atoms with Gasteiger partial charge in [0.25, 0.3) is 5.91 Å². The van der Waals surface area contributed by atoms with Gasteiger partial charge < -0.3 is 10.6 Å². The SMILES string of the molecule is Cc1ncc(C(=O)Nc2cc(Cl)cc(CN3CCNC(C)C3)c2C)s1. The van der Waals surface area contributed by atoms with Crippen LogP contribution in [0.25, 0.3) is 0 Å². The summed E-state index contributed by atoms with van der Waals surface area (Å²) in [7, 11) is 0. The molecule has 1 aliphatic rings. The van der Waals surface area contributed by atoms with Crippen molar-refractivity contribution in [2.24, 2.45) is 0 Å². The summed E-state index contributed by atoms with van der Waals surface area (Å²) in [4.78, 5) is 19.6. The van der Waals surface area contributed by atoms with Crippen molar-refractivity contribution >= 4 is 34.5 Å². The van der Waals surface area contributed by atoms with Crippen molar-refractivity contribution in [3.05, 3.63) is 44.4 Å². The van der Waals surface area contributed by atoms with Crippen LogP contribution < -0.4 is 10.6 Å². The van der Waals surface area contributed by atoms with Gasteiger partial charge >= 0.3 is 0 Å². The van der Waals surface area contributed by atoms with Crippen LogP contribution >= 0.6 is 22.9 Å². The number of anilines is 1. The number of aryl methyl sites for hydroxylation is 1. The van der Waals surface area contributed by atoms with Gasteiger partial charge in [-0.25, -0.2) is 4.98 Å². The van der Waals surface area contributed by atoms with E-state index < -0.39 is 0 Å².